The molecule has 0 unspecified atom stereocenters. The van der Waals surface area contributed by atoms with E-state index in [0.29, 0.717) is 19.7 Å². The van der Waals surface area contributed by atoms with Crippen molar-refractivity contribution in [3.8, 4) is 0 Å². The molecule has 0 amide bonds. The van der Waals surface area contributed by atoms with Gasteiger partial charge in [0, 0.05) is 39.1 Å². The number of piperidine rings is 1. The quantitative estimate of drug-likeness (QED) is 0.639. The molecule has 0 spiro atoms. The minimum atomic E-state index is -2.43. The molecule has 0 atom stereocenters. The Bertz CT molecular complexity index is 166. The molecule has 1 saturated heterocycles. The second-order valence-electron chi connectivity index (χ2n) is 4.16. The molecule has 1 heterocycles. The molecule has 0 aromatic carbocycles. The fourth-order valence-corrected chi connectivity index (χ4v) is 1.65. The van der Waals surface area contributed by atoms with Crippen molar-refractivity contribution in [2.75, 3.05) is 32.8 Å². The van der Waals surface area contributed by atoms with Gasteiger partial charge in [-0.15, -0.1) is 0 Å². The lowest BCUT2D eigenvalue weighted by molar-refractivity contribution is -0.0586. The highest BCUT2D eigenvalue weighted by Crippen LogP contribution is 2.27. The Morgan fingerprint density at radius 1 is 1.20 bits per heavy atom. The van der Waals surface area contributed by atoms with Gasteiger partial charge in [-0.2, -0.15) is 0 Å². The molecule has 2 nitrogen and oxygen atoms in total. The number of rotatable bonds is 6. The maximum Gasteiger partial charge on any atom is 0.250 e. The van der Waals surface area contributed by atoms with Crippen LogP contribution in [0.3, 0.4) is 0 Å². The van der Waals surface area contributed by atoms with Crippen molar-refractivity contribution >= 4 is 0 Å². The molecule has 1 fully saturated rings. The van der Waals surface area contributed by atoms with Crippen LogP contribution in [0.4, 0.5) is 8.78 Å². The number of hydrogen-bond donors (Lipinski definition) is 0. The first kappa shape index (κ1) is 12.8. The van der Waals surface area contributed by atoms with Crippen LogP contribution in [0.25, 0.3) is 0 Å². The maximum absolute atomic E-state index is 12.8. The molecule has 0 aromatic heterocycles. The highest BCUT2D eigenvalue weighted by atomic mass is 19.3. The van der Waals surface area contributed by atoms with Crippen LogP contribution >= 0.6 is 0 Å². The third-order valence-electron chi connectivity index (χ3n) is 2.78. The van der Waals surface area contributed by atoms with E-state index in [9.17, 15) is 8.78 Å². The summed E-state index contributed by atoms with van der Waals surface area (Å²) in [6.45, 7) is 5.39. The third kappa shape index (κ3) is 5.42. The fourth-order valence-electron chi connectivity index (χ4n) is 1.65. The summed E-state index contributed by atoms with van der Waals surface area (Å²) in [6, 6.07) is 0. The highest BCUT2D eigenvalue weighted by molar-refractivity contribution is 4.77. The summed E-state index contributed by atoms with van der Waals surface area (Å²) in [6.07, 6.45) is 2.22. The second-order valence-corrected chi connectivity index (χ2v) is 4.16. The van der Waals surface area contributed by atoms with Gasteiger partial charge in [0.25, 0.3) is 5.92 Å². The summed E-state index contributed by atoms with van der Waals surface area (Å²) in [4.78, 5) is 2.06. The zero-order valence-electron chi connectivity index (χ0n) is 9.48. The molecule has 0 aromatic rings. The van der Waals surface area contributed by atoms with Crippen LogP contribution in [-0.4, -0.2) is 43.7 Å². The van der Waals surface area contributed by atoms with E-state index in [4.69, 9.17) is 4.74 Å². The standard InChI is InChI=1S/C11H21F2NO/c1-2-3-9-15-10-8-14-6-4-11(12,13)5-7-14/h2-10H2,1H3. The molecular formula is C11H21F2NO. The van der Waals surface area contributed by atoms with Gasteiger partial charge in [-0.05, 0) is 6.42 Å². The molecule has 1 aliphatic rings. The van der Waals surface area contributed by atoms with Crippen molar-refractivity contribution in [1.82, 2.24) is 4.90 Å². The van der Waals surface area contributed by atoms with E-state index < -0.39 is 5.92 Å². The Balaban J connectivity index is 1.99. The number of unbranched alkanes of at least 4 members (excludes halogenated alkanes) is 1. The molecule has 0 N–H and O–H groups in total. The van der Waals surface area contributed by atoms with Gasteiger partial charge in [-0.1, -0.05) is 13.3 Å². The van der Waals surface area contributed by atoms with Gasteiger partial charge in [0.05, 0.1) is 6.61 Å². The van der Waals surface area contributed by atoms with Crippen molar-refractivity contribution in [2.45, 2.75) is 38.5 Å². The van der Waals surface area contributed by atoms with Crippen molar-refractivity contribution in [3.63, 3.8) is 0 Å². The number of ether oxygens (including phenoxy) is 1. The van der Waals surface area contributed by atoms with E-state index in [1.165, 1.54) is 0 Å². The molecule has 0 bridgehead atoms. The monoisotopic (exact) mass is 221 g/mol. The van der Waals surface area contributed by atoms with Crippen LogP contribution in [0.1, 0.15) is 32.6 Å². The van der Waals surface area contributed by atoms with Gasteiger partial charge in [-0.25, -0.2) is 8.78 Å². The minimum absolute atomic E-state index is 0.00194. The van der Waals surface area contributed by atoms with Crippen molar-refractivity contribution in [3.05, 3.63) is 0 Å². The zero-order chi connectivity index (χ0) is 11.1. The predicted molar refractivity (Wildman–Crippen MR) is 56.3 cm³/mol. The fraction of sp³-hybridized carbons (Fsp3) is 1.00. The van der Waals surface area contributed by atoms with E-state index in [-0.39, 0.29) is 12.8 Å². The third-order valence-corrected chi connectivity index (χ3v) is 2.78. The van der Waals surface area contributed by atoms with E-state index in [1.807, 2.05) is 0 Å². The Morgan fingerprint density at radius 2 is 1.87 bits per heavy atom. The summed E-state index contributed by atoms with van der Waals surface area (Å²) in [5.74, 6) is -2.43. The molecular weight excluding hydrogens is 200 g/mol. The minimum Gasteiger partial charge on any atom is -0.380 e. The van der Waals surface area contributed by atoms with Gasteiger partial charge in [0.2, 0.25) is 0 Å². The average molecular weight is 221 g/mol. The summed E-state index contributed by atoms with van der Waals surface area (Å²) in [5.41, 5.74) is 0. The van der Waals surface area contributed by atoms with Crippen LogP contribution in [0, 0.1) is 0 Å². The van der Waals surface area contributed by atoms with Gasteiger partial charge < -0.3 is 9.64 Å². The molecule has 0 aliphatic carbocycles. The van der Waals surface area contributed by atoms with Crippen LogP contribution in [0.5, 0.6) is 0 Å². The smallest absolute Gasteiger partial charge is 0.250 e. The summed E-state index contributed by atoms with van der Waals surface area (Å²) >= 11 is 0. The lowest BCUT2D eigenvalue weighted by Crippen LogP contribution is -2.40. The molecule has 15 heavy (non-hydrogen) atoms. The van der Waals surface area contributed by atoms with Gasteiger partial charge in [0.1, 0.15) is 0 Å². The van der Waals surface area contributed by atoms with Crippen LogP contribution in [0.15, 0.2) is 0 Å². The average Bonchev–Trinajstić information content (AvgIpc) is 2.20. The number of halogens is 2. The second kappa shape index (κ2) is 6.38. The maximum atomic E-state index is 12.8. The lowest BCUT2D eigenvalue weighted by Gasteiger charge is -2.31. The Labute approximate surface area is 90.6 Å². The van der Waals surface area contributed by atoms with E-state index >= 15 is 0 Å². The molecule has 90 valence electrons. The molecule has 0 radical (unpaired) electrons. The number of hydrogen-bond acceptors (Lipinski definition) is 2. The SMILES string of the molecule is CCCCOCCN1CCC(F)(F)CC1. The van der Waals surface area contributed by atoms with E-state index in [1.54, 1.807) is 0 Å². The summed E-state index contributed by atoms with van der Waals surface area (Å²) < 4.78 is 31.0. The van der Waals surface area contributed by atoms with Gasteiger partial charge >= 0.3 is 0 Å². The number of nitrogens with zero attached hydrogens (tertiary/aromatic N) is 1. The number of likely N-dealkylation sites (tertiary alicyclic amines) is 1. The first-order valence-electron chi connectivity index (χ1n) is 5.82. The Morgan fingerprint density at radius 3 is 2.47 bits per heavy atom. The van der Waals surface area contributed by atoms with E-state index in [0.717, 1.165) is 26.0 Å². The first-order chi connectivity index (χ1) is 7.14. The molecule has 1 aliphatic heterocycles. The molecule has 1 rings (SSSR count). The predicted octanol–water partition coefficient (Wildman–Crippen LogP) is 2.53. The molecule has 4 heteroatoms. The van der Waals surface area contributed by atoms with Crippen LogP contribution < -0.4 is 0 Å². The van der Waals surface area contributed by atoms with E-state index in [2.05, 4.69) is 11.8 Å². The van der Waals surface area contributed by atoms with Crippen molar-refractivity contribution in [2.24, 2.45) is 0 Å². The molecule has 0 saturated carbocycles. The van der Waals surface area contributed by atoms with Crippen LogP contribution in [-0.2, 0) is 4.74 Å². The lowest BCUT2D eigenvalue weighted by atomic mass is 10.1. The summed E-state index contributed by atoms with van der Waals surface area (Å²) in [5, 5.41) is 0. The first-order valence-corrected chi connectivity index (χ1v) is 5.82. The van der Waals surface area contributed by atoms with Gasteiger partial charge in [0.15, 0.2) is 0 Å². The largest absolute Gasteiger partial charge is 0.380 e. The topological polar surface area (TPSA) is 12.5 Å². The highest BCUT2D eigenvalue weighted by Gasteiger charge is 2.33. The van der Waals surface area contributed by atoms with Crippen molar-refractivity contribution < 1.29 is 13.5 Å². The Kier molecular flexibility index (Phi) is 5.47. The van der Waals surface area contributed by atoms with Gasteiger partial charge in [-0.3, -0.25) is 0 Å². The zero-order valence-corrected chi connectivity index (χ0v) is 9.48. The Hall–Kier alpha value is -0.220. The number of alkyl halides is 2. The van der Waals surface area contributed by atoms with Crippen LogP contribution in [0.2, 0.25) is 0 Å². The van der Waals surface area contributed by atoms with Crippen molar-refractivity contribution in [1.29, 1.82) is 0 Å². The summed E-state index contributed by atoms with van der Waals surface area (Å²) in [7, 11) is 0. The normalized spacial score (nSPS) is 21.8.